The summed E-state index contributed by atoms with van der Waals surface area (Å²) in [6, 6.07) is 0. The van der Waals surface area contributed by atoms with E-state index in [-0.39, 0.29) is 12.8 Å². The highest BCUT2D eigenvalue weighted by Gasteiger charge is 2.48. The van der Waals surface area contributed by atoms with E-state index in [0.29, 0.717) is 12.8 Å². The maximum atomic E-state index is 12.8. The number of Topliss-reactive ketones (excluding diaryl/α,β-unsaturated/α-hetero) is 2. The monoisotopic (exact) mass is 614 g/mol. The minimum absolute atomic E-state index is 0.0289. The Morgan fingerprint density at radius 1 is 0.545 bits per heavy atom. The van der Waals surface area contributed by atoms with Gasteiger partial charge in [0.2, 0.25) is 5.60 Å². The first-order valence-corrected chi connectivity index (χ1v) is 17.8. The summed E-state index contributed by atoms with van der Waals surface area (Å²) in [7, 11) is 0. The molecule has 44 heavy (non-hydrogen) atoms. The van der Waals surface area contributed by atoms with Crippen LogP contribution < -0.4 is 0 Å². The molecule has 0 saturated heterocycles. The van der Waals surface area contributed by atoms with Gasteiger partial charge < -0.3 is 15.3 Å². The zero-order chi connectivity index (χ0) is 32.6. The van der Waals surface area contributed by atoms with E-state index < -0.39 is 29.9 Å². The Morgan fingerprint density at radius 3 is 1.32 bits per heavy atom. The van der Waals surface area contributed by atoms with Crippen LogP contribution in [-0.2, 0) is 9.59 Å². The number of aliphatic hydroxyl groups is 3. The first-order valence-electron chi connectivity index (χ1n) is 17.8. The lowest BCUT2D eigenvalue weighted by Crippen LogP contribution is -2.57. The normalized spacial score (nSPS) is 14.6. The van der Waals surface area contributed by atoms with Crippen LogP contribution in [0.4, 0.5) is 0 Å². The molecular weight excluding hydrogens is 548 g/mol. The molecule has 0 heterocycles. The van der Waals surface area contributed by atoms with Gasteiger partial charge in [0.05, 0.1) is 6.61 Å². The average molecular weight is 615 g/mol. The lowest BCUT2D eigenvalue weighted by Gasteiger charge is -2.29. The van der Waals surface area contributed by atoms with Gasteiger partial charge in [0.1, 0.15) is 6.10 Å². The molecule has 0 fully saturated rings. The molecule has 0 radical (unpaired) electrons. The van der Waals surface area contributed by atoms with Crippen LogP contribution in [0.25, 0.3) is 0 Å². The average Bonchev–Trinajstić information content (AvgIpc) is 3.03. The molecule has 0 aliphatic carbocycles. The summed E-state index contributed by atoms with van der Waals surface area (Å²) in [6.45, 7) is 3.53. The Bertz CT molecular complexity index is 837. The number of hydrogen-bond donors (Lipinski definition) is 3. The van der Waals surface area contributed by atoms with Crippen molar-refractivity contribution in [1.82, 2.24) is 0 Å². The minimum Gasteiger partial charge on any atom is -0.394 e. The zero-order valence-electron chi connectivity index (χ0n) is 28.3. The van der Waals surface area contributed by atoms with E-state index in [0.717, 1.165) is 89.9 Å². The number of carbonyl (C=O) groups is 2. The first-order chi connectivity index (χ1) is 21.4. The summed E-state index contributed by atoms with van der Waals surface area (Å²) in [5.41, 5.74) is -2.50. The molecule has 5 heteroatoms. The molecule has 5 nitrogen and oxygen atoms in total. The second-order valence-electron chi connectivity index (χ2n) is 11.9. The molecule has 0 aromatic rings. The molecule has 252 valence electrons. The van der Waals surface area contributed by atoms with Crippen molar-refractivity contribution in [3.63, 3.8) is 0 Å². The maximum absolute atomic E-state index is 12.8. The van der Waals surface area contributed by atoms with Crippen molar-refractivity contribution in [2.75, 3.05) is 6.61 Å². The molecule has 0 aromatic heterocycles. The Labute approximate surface area is 270 Å². The second-order valence-corrected chi connectivity index (χ2v) is 11.9. The number of aliphatic hydroxyl groups excluding tert-OH is 2. The number of carbonyl (C=O) groups excluding carboxylic acids is 2. The number of ketones is 2. The molecular formula is C39H66O5. The summed E-state index contributed by atoms with van der Waals surface area (Å²) in [4.78, 5) is 25.7. The third kappa shape index (κ3) is 22.4. The van der Waals surface area contributed by atoms with E-state index in [1.807, 2.05) is 0 Å². The summed E-state index contributed by atoms with van der Waals surface area (Å²) in [5.74, 6) is -1.35. The van der Waals surface area contributed by atoms with Crippen molar-refractivity contribution < 1.29 is 24.9 Å². The molecule has 0 spiro atoms. The smallest absolute Gasteiger partial charge is 0.209 e. The molecule has 2 unspecified atom stereocenters. The highest BCUT2D eigenvalue weighted by Crippen LogP contribution is 2.22. The van der Waals surface area contributed by atoms with E-state index in [4.69, 9.17) is 0 Å². The molecule has 0 saturated carbocycles. The number of hydrogen-bond acceptors (Lipinski definition) is 5. The predicted octanol–water partition coefficient (Wildman–Crippen LogP) is 9.61. The quantitative estimate of drug-likeness (QED) is 0.0411. The highest BCUT2D eigenvalue weighted by atomic mass is 16.4. The Kier molecular flexibility index (Phi) is 29.5. The van der Waals surface area contributed by atoms with Crippen molar-refractivity contribution in [3.8, 4) is 0 Å². The van der Waals surface area contributed by atoms with E-state index in [2.05, 4.69) is 74.6 Å². The van der Waals surface area contributed by atoms with Crippen LogP contribution in [0.2, 0.25) is 0 Å². The van der Waals surface area contributed by atoms with Crippen LogP contribution in [0.5, 0.6) is 0 Å². The van der Waals surface area contributed by atoms with E-state index in [1.54, 1.807) is 0 Å². The van der Waals surface area contributed by atoms with Crippen molar-refractivity contribution >= 4 is 11.6 Å². The molecule has 2 atom stereocenters. The van der Waals surface area contributed by atoms with Gasteiger partial charge in [-0.05, 0) is 77.0 Å². The fraction of sp³-hybridized carbons (Fsp3) is 0.692. The van der Waals surface area contributed by atoms with Gasteiger partial charge in [0.25, 0.3) is 0 Å². The summed E-state index contributed by atoms with van der Waals surface area (Å²) in [6.07, 6.45) is 40.5. The SMILES string of the molecule is CC/C=C\C/C=C\C/C=C\CCCCCCCC(=O)C(O)(C(=O)CCCCCCC/C=C\C/C=C\CCCCC)C(O)CO. The second kappa shape index (κ2) is 30.9. The lowest BCUT2D eigenvalue weighted by molar-refractivity contribution is -0.166. The van der Waals surface area contributed by atoms with Gasteiger partial charge >= 0.3 is 0 Å². The number of allylic oxidation sites excluding steroid dienone is 10. The van der Waals surface area contributed by atoms with E-state index in [9.17, 15) is 24.9 Å². The van der Waals surface area contributed by atoms with Gasteiger partial charge in [-0.25, -0.2) is 0 Å². The van der Waals surface area contributed by atoms with Crippen molar-refractivity contribution in [2.45, 2.75) is 167 Å². The fourth-order valence-corrected chi connectivity index (χ4v) is 5.04. The van der Waals surface area contributed by atoms with Gasteiger partial charge in [-0.3, -0.25) is 9.59 Å². The summed E-state index contributed by atoms with van der Waals surface area (Å²) >= 11 is 0. The highest BCUT2D eigenvalue weighted by molar-refractivity contribution is 6.10. The molecule has 0 bridgehead atoms. The topological polar surface area (TPSA) is 94.8 Å². The van der Waals surface area contributed by atoms with Crippen LogP contribution >= 0.6 is 0 Å². The Balaban J connectivity index is 4.11. The minimum atomic E-state index is -2.50. The molecule has 0 rings (SSSR count). The first kappa shape index (κ1) is 41.9. The third-order valence-corrected chi connectivity index (χ3v) is 7.91. The van der Waals surface area contributed by atoms with Crippen molar-refractivity contribution in [3.05, 3.63) is 60.8 Å². The van der Waals surface area contributed by atoms with Crippen molar-refractivity contribution in [1.29, 1.82) is 0 Å². The van der Waals surface area contributed by atoms with Gasteiger partial charge in [-0.15, -0.1) is 0 Å². The molecule has 0 amide bonds. The predicted molar refractivity (Wildman–Crippen MR) is 187 cm³/mol. The maximum Gasteiger partial charge on any atom is 0.209 e. The number of unbranched alkanes of at least 4 members (excludes halogenated alkanes) is 13. The molecule has 0 aromatic carbocycles. The van der Waals surface area contributed by atoms with E-state index >= 15 is 0 Å². The van der Waals surface area contributed by atoms with Gasteiger partial charge in [-0.1, -0.05) is 126 Å². The number of rotatable bonds is 31. The fourth-order valence-electron chi connectivity index (χ4n) is 5.04. The zero-order valence-corrected chi connectivity index (χ0v) is 28.3. The van der Waals surface area contributed by atoms with Crippen molar-refractivity contribution in [2.24, 2.45) is 0 Å². The molecule has 3 N–H and O–H groups in total. The van der Waals surface area contributed by atoms with Crippen LogP contribution in [0.3, 0.4) is 0 Å². The third-order valence-electron chi connectivity index (χ3n) is 7.91. The largest absolute Gasteiger partial charge is 0.394 e. The summed E-state index contributed by atoms with van der Waals surface area (Å²) in [5, 5.41) is 30.6. The Hall–Kier alpha value is -2.08. The van der Waals surface area contributed by atoms with Crippen LogP contribution in [-0.4, -0.2) is 45.2 Å². The van der Waals surface area contributed by atoms with Gasteiger partial charge in [0.15, 0.2) is 11.6 Å². The van der Waals surface area contributed by atoms with E-state index in [1.165, 1.54) is 25.7 Å². The standard InChI is InChI=1S/C39H66O5/c1-3-5-7-9-11-13-15-17-19-21-23-25-27-29-31-33-36(41)39(44,38(43)35-40)37(42)34-32-30-28-26-24-22-20-18-16-14-12-10-8-6-4-2/h5,7,11-14,17-20,38,40,43-44H,3-4,6,8-10,15-16,21-35H2,1-2H3/b7-5-,13-11-,14-12-,19-17-,20-18-. The van der Waals surface area contributed by atoms with Gasteiger partial charge in [0, 0.05) is 12.8 Å². The van der Waals surface area contributed by atoms with Crippen LogP contribution in [0.15, 0.2) is 60.8 Å². The van der Waals surface area contributed by atoms with Crippen LogP contribution in [0, 0.1) is 0 Å². The molecule has 0 aliphatic rings. The van der Waals surface area contributed by atoms with Crippen LogP contribution in [0.1, 0.15) is 155 Å². The Morgan fingerprint density at radius 2 is 0.909 bits per heavy atom. The van der Waals surface area contributed by atoms with Gasteiger partial charge in [-0.2, -0.15) is 0 Å². The lowest BCUT2D eigenvalue weighted by atomic mass is 9.82. The molecule has 0 aliphatic heterocycles. The summed E-state index contributed by atoms with van der Waals surface area (Å²) < 4.78 is 0.